The second-order valence-electron chi connectivity index (χ2n) is 11.5. The number of amides is 2. The monoisotopic (exact) mass is 546 g/mol. The van der Waals surface area contributed by atoms with Crippen LogP contribution in [0.25, 0.3) is 10.8 Å². The molecule has 39 heavy (non-hydrogen) atoms. The van der Waals surface area contributed by atoms with Gasteiger partial charge in [-0.25, -0.2) is 0 Å². The molecule has 0 bridgehead atoms. The van der Waals surface area contributed by atoms with E-state index in [0.29, 0.717) is 55.9 Å². The van der Waals surface area contributed by atoms with Gasteiger partial charge in [0, 0.05) is 78.9 Å². The van der Waals surface area contributed by atoms with Gasteiger partial charge in [-0.15, -0.1) is 0 Å². The molecule has 3 aliphatic rings. The lowest BCUT2D eigenvalue weighted by Gasteiger charge is -2.44. The normalized spacial score (nSPS) is 23.8. The maximum Gasteiger partial charge on any atom is 0.254 e. The topological polar surface area (TPSA) is 74.8 Å². The number of nitrogens with zero attached hydrogens (tertiary/aromatic N) is 3. The highest BCUT2D eigenvalue weighted by molar-refractivity contribution is 6.31. The molecule has 6 rings (SSSR count). The fourth-order valence-electron chi connectivity index (χ4n) is 6.64. The van der Waals surface area contributed by atoms with Crippen molar-refractivity contribution in [1.82, 2.24) is 15.2 Å². The number of hydrogen-bond acceptors (Lipinski definition) is 5. The van der Waals surface area contributed by atoms with Gasteiger partial charge in [0.1, 0.15) is 0 Å². The molecule has 2 aromatic carbocycles. The van der Waals surface area contributed by atoms with Gasteiger partial charge in [0.2, 0.25) is 5.91 Å². The van der Waals surface area contributed by atoms with Crippen molar-refractivity contribution in [3.8, 4) is 0 Å². The highest BCUT2D eigenvalue weighted by atomic mass is 35.5. The smallest absolute Gasteiger partial charge is 0.254 e. The number of carbonyl (C=O) groups is 2. The van der Waals surface area contributed by atoms with Gasteiger partial charge < -0.3 is 19.9 Å². The number of benzene rings is 2. The van der Waals surface area contributed by atoms with Gasteiger partial charge >= 0.3 is 0 Å². The zero-order valence-corrected chi connectivity index (χ0v) is 23.3. The van der Waals surface area contributed by atoms with Gasteiger partial charge in [0.05, 0.1) is 17.3 Å². The number of rotatable bonds is 6. The van der Waals surface area contributed by atoms with Crippen molar-refractivity contribution in [2.45, 2.75) is 38.1 Å². The highest BCUT2D eigenvalue weighted by Crippen LogP contribution is 2.48. The average molecular weight is 547 g/mol. The average Bonchev–Trinajstić information content (AvgIpc) is 3.22. The summed E-state index contributed by atoms with van der Waals surface area (Å²) in [6.07, 6.45) is 5.46. The van der Waals surface area contributed by atoms with Crippen molar-refractivity contribution in [2.75, 3.05) is 44.3 Å². The molecule has 2 saturated heterocycles. The molecule has 4 heterocycles. The molecule has 1 N–H and O–H groups in total. The number of aromatic nitrogens is 1. The van der Waals surface area contributed by atoms with E-state index in [-0.39, 0.29) is 23.8 Å². The molecular weight excluding hydrogens is 512 g/mol. The Morgan fingerprint density at radius 3 is 2.72 bits per heavy atom. The first-order valence-electron chi connectivity index (χ1n) is 13.9. The second-order valence-corrected chi connectivity index (χ2v) is 11.9. The first-order chi connectivity index (χ1) is 18.9. The van der Waals surface area contributed by atoms with Gasteiger partial charge in [0.15, 0.2) is 0 Å². The molecule has 3 aromatic rings. The van der Waals surface area contributed by atoms with Crippen molar-refractivity contribution in [3.63, 3.8) is 0 Å². The third kappa shape index (κ3) is 4.60. The summed E-state index contributed by atoms with van der Waals surface area (Å²) >= 11 is 6.54. The van der Waals surface area contributed by atoms with Crippen LogP contribution in [0.5, 0.6) is 0 Å². The van der Waals surface area contributed by atoms with Crippen molar-refractivity contribution in [1.29, 1.82) is 0 Å². The number of halogens is 1. The summed E-state index contributed by atoms with van der Waals surface area (Å²) in [6, 6.07) is 13.7. The third-order valence-electron chi connectivity index (χ3n) is 8.68. The Balaban J connectivity index is 1.48. The van der Waals surface area contributed by atoms with E-state index in [1.165, 1.54) is 0 Å². The number of carbonyl (C=O) groups excluding carboxylic acids is 2. The lowest BCUT2D eigenvalue weighted by Crippen LogP contribution is -2.58. The van der Waals surface area contributed by atoms with E-state index in [4.69, 9.17) is 16.3 Å². The Morgan fingerprint density at radius 1 is 1.13 bits per heavy atom. The van der Waals surface area contributed by atoms with Crippen molar-refractivity contribution < 1.29 is 14.3 Å². The van der Waals surface area contributed by atoms with Crippen LogP contribution in [0.3, 0.4) is 0 Å². The summed E-state index contributed by atoms with van der Waals surface area (Å²) in [7, 11) is 0. The van der Waals surface area contributed by atoms with Crippen molar-refractivity contribution >= 4 is 39.9 Å². The Labute approximate surface area is 234 Å². The van der Waals surface area contributed by atoms with Gasteiger partial charge in [-0.2, -0.15) is 0 Å². The quantitative estimate of drug-likeness (QED) is 0.486. The molecule has 0 saturated carbocycles. The first kappa shape index (κ1) is 26.2. The summed E-state index contributed by atoms with van der Waals surface area (Å²) in [4.78, 5) is 37.0. The fraction of sp³-hybridized carbons (Fsp3) is 0.452. The SMILES string of the molecule is CC(C)NC[C@@H]1CN(c2cncc3ccccc23)C(=O)[C@]12CN(CC1CCOCC1)C(=O)c1ccc(Cl)cc12. The zero-order valence-electron chi connectivity index (χ0n) is 22.5. The molecule has 2 amide bonds. The summed E-state index contributed by atoms with van der Waals surface area (Å²) in [5.74, 6) is 0.265. The van der Waals surface area contributed by atoms with Gasteiger partial charge in [-0.1, -0.05) is 49.7 Å². The summed E-state index contributed by atoms with van der Waals surface area (Å²) < 4.78 is 5.57. The molecule has 2 atom stereocenters. The van der Waals surface area contributed by atoms with E-state index in [1.54, 1.807) is 18.3 Å². The Kier molecular flexibility index (Phi) is 7.08. The minimum Gasteiger partial charge on any atom is -0.381 e. The molecular formula is C31H35ClN4O3. The zero-order chi connectivity index (χ0) is 27.1. The largest absolute Gasteiger partial charge is 0.381 e. The Bertz CT molecular complexity index is 1400. The molecule has 204 valence electrons. The van der Waals surface area contributed by atoms with E-state index in [0.717, 1.165) is 34.9 Å². The van der Waals surface area contributed by atoms with E-state index in [2.05, 4.69) is 24.1 Å². The summed E-state index contributed by atoms with van der Waals surface area (Å²) in [5.41, 5.74) is 1.22. The standard InChI is InChI=1S/C31H35ClN4O3/c1-20(2)34-15-23-18-36(28-16-33-14-22-5-3-4-6-25(22)28)30(38)31(23)19-35(17-21-9-11-39-12-10-21)29(37)26-8-7-24(32)13-27(26)31/h3-8,13-14,16,20-21,23,34H,9-12,15,17-19H2,1-2H3/t23-,31-/m1/s1. The van der Waals surface area contributed by atoms with E-state index in [9.17, 15) is 9.59 Å². The van der Waals surface area contributed by atoms with Crippen LogP contribution in [0.4, 0.5) is 5.69 Å². The van der Waals surface area contributed by atoms with Crippen molar-refractivity contribution in [3.05, 3.63) is 71.0 Å². The fourth-order valence-corrected chi connectivity index (χ4v) is 6.81. The third-order valence-corrected chi connectivity index (χ3v) is 8.91. The predicted octanol–water partition coefficient (Wildman–Crippen LogP) is 4.67. The van der Waals surface area contributed by atoms with Crippen LogP contribution >= 0.6 is 11.6 Å². The second kappa shape index (κ2) is 10.5. The molecule has 7 nitrogen and oxygen atoms in total. The van der Waals surface area contributed by atoms with Crippen LogP contribution < -0.4 is 10.2 Å². The van der Waals surface area contributed by atoms with Crippen LogP contribution in [0.1, 0.15) is 42.6 Å². The minimum absolute atomic E-state index is 0.00389. The van der Waals surface area contributed by atoms with Gasteiger partial charge in [-0.3, -0.25) is 14.6 Å². The van der Waals surface area contributed by atoms with Crippen LogP contribution in [0, 0.1) is 11.8 Å². The van der Waals surface area contributed by atoms with E-state index < -0.39 is 5.41 Å². The maximum absolute atomic E-state index is 14.9. The molecule has 3 aliphatic heterocycles. The molecule has 1 spiro atoms. The number of fused-ring (bicyclic) bond motifs is 3. The van der Waals surface area contributed by atoms with Crippen molar-refractivity contribution in [2.24, 2.45) is 11.8 Å². The Hall–Kier alpha value is -3.00. The van der Waals surface area contributed by atoms with Crippen LogP contribution in [0.15, 0.2) is 54.9 Å². The van der Waals surface area contributed by atoms with E-state index >= 15 is 0 Å². The van der Waals surface area contributed by atoms with Gasteiger partial charge in [0.25, 0.3) is 5.91 Å². The lowest BCUT2D eigenvalue weighted by atomic mass is 9.67. The number of pyridine rings is 1. The minimum atomic E-state index is -0.919. The molecule has 0 unspecified atom stereocenters. The highest BCUT2D eigenvalue weighted by Gasteiger charge is 2.59. The van der Waals surface area contributed by atoms with Crippen LogP contribution in [-0.2, 0) is 14.9 Å². The molecule has 0 aliphatic carbocycles. The summed E-state index contributed by atoms with van der Waals surface area (Å²) in [5, 5.41) is 6.11. The molecule has 0 radical (unpaired) electrons. The number of nitrogens with one attached hydrogen (secondary N) is 1. The van der Waals surface area contributed by atoms with Crippen LogP contribution in [0.2, 0.25) is 5.02 Å². The molecule has 2 fully saturated rings. The number of ether oxygens (including phenoxy) is 1. The number of hydrogen-bond donors (Lipinski definition) is 1. The lowest BCUT2D eigenvalue weighted by molar-refractivity contribution is -0.123. The maximum atomic E-state index is 14.9. The number of anilines is 1. The first-order valence-corrected chi connectivity index (χ1v) is 14.3. The predicted molar refractivity (Wildman–Crippen MR) is 153 cm³/mol. The summed E-state index contributed by atoms with van der Waals surface area (Å²) in [6.45, 7) is 7.79. The Morgan fingerprint density at radius 2 is 1.92 bits per heavy atom. The molecule has 8 heteroatoms. The van der Waals surface area contributed by atoms with Gasteiger partial charge in [-0.05, 0) is 42.5 Å². The van der Waals surface area contributed by atoms with E-state index in [1.807, 2.05) is 46.3 Å². The molecule has 1 aromatic heterocycles. The van der Waals surface area contributed by atoms with Crippen LogP contribution in [-0.4, -0.2) is 67.1 Å².